The van der Waals surface area contributed by atoms with Gasteiger partial charge < -0.3 is 9.80 Å². The van der Waals surface area contributed by atoms with Crippen molar-refractivity contribution in [2.24, 2.45) is 4.99 Å². The van der Waals surface area contributed by atoms with Gasteiger partial charge >= 0.3 is 0 Å². The maximum atomic E-state index is 11.8. The van der Waals surface area contributed by atoms with Gasteiger partial charge in [-0.2, -0.15) is 0 Å². The Kier molecular flexibility index (Phi) is 6.00. The first-order valence-corrected chi connectivity index (χ1v) is 6.75. The zero-order valence-corrected chi connectivity index (χ0v) is 12.4. The maximum Gasteiger partial charge on any atom is 0.195 e. The summed E-state index contributed by atoms with van der Waals surface area (Å²) in [6.45, 7) is 6.58. The fourth-order valence-corrected chi connectivity index (χ4v) is 2.09. The van der Waals surface area contributed by atoms with E-state index in [2.05, 4.69) is 4.99 Å². The van der Waals surface area contributed by atoms with Crippen LogP contribution in [0.5, 0.6) is 0 Å². The van der Waals surface area contributed by atoms with Crippen molar-refractivity contribution in [1.82, 2.24) is 9.80 Å². The van der Waals surface area contributed by atoms with E-state index in [9.17, 15) is 4.21 Å². The molecule has 0 aromatic rings. The lowest BCUT2D eigenvalue weighted by Crippen LogP contribution is -2.36. The largest absolute Gasteiger partial charge is 0.349 e. The summed E-state index contributed by atoms with van der Waals surface area (Å²) in [5.74, 6) is 1.53. The molecule has 5 heteroatoms. The van der Waals surface area contributed by atoms with Gasteiger partial charge in [0.2, 0.25) is 0 Å². The second kappa shape index (κ2) is 6.23. The highest BCUT2D eigenvalue weighted by Crippen LogP contribution is 2.10. The summed E-state index contributed by atoms with van der Waals surface area (Å²) in [5.41, 5.74) is 0. The molecule has 0 saturated heterocycles. The van der Waals surface area contributed by atoms with Crippen LogP contribution < -0.4 is 0 Å². The molecule has 0 aromatic carbocycles. The predicted molar refractivity (Wildman–Crippen MR) is 72.4 cm³/mol. The second-order valence-electron chi connectivity index (χ2n) is 5.13. The van der Waals surface area contributed by atoms with Gasteiger partial charge in [-0.1, -0.05) is 0 Å². The molecule has 0 fully saturated rings. The lowest BCUT2D eigenvalue weighted by atomic mass is 10.3. The number of aliphatic imine (C=N–C) groups is 1. The predicted octanol–water partition coefficient (Wildman–Crippen LogP) is 1.01. The molecule has 4 nitrogen and oxygen atoms in total. The molecule has 96 valence electrons. The Morgan fingerprint density at radius 2 is 1.56 bits per heavy atom. The van der Waals surface area contributed by atoms with E-state index in [0.717, 1.165) is 5.96 Å². The van der Waals surface area contributed by atoms with E-state index < -0.39 is 10.8 Å². The lowest BCUT2D eigenvalue weighted by Gasteiger charge is -2.23. The molecule has 0 heterocycles. The first-order chi connectivity index (χ1) is 7.16. The summed E-state index contributed by atoms with van der Waals surface area (Å²) < 4.78 is 11.7. The van der Waals surface area contributed by atoms with E-state index in [4.69, 9.17) is 0 Å². The molecule has 0 rings (SSSR count). The first kappa shape index (κ1) is 15.4. The molecule has 0 aromatic heterocycles. The summed E-state index contributed by atoms with van der Waals surface area (Å²) in [6.07, 6.45) is 0. The first-order valence-electron chi connectivity index (χ1n) is 5.44. The van der Waals surface area contributed by atoms with Crippen LogP contribution in [0.4, 0.5) is 0 Å². The number of hydrogen-bond acceptors (Lipinski definition) is 2. The molecule has 0 unspecified atom stereocenters. The van der Waals surface area contributed by atoms with Gasteiger partial charge in [0.1, 0.15) is 0 Å². The Balaban J connectivity index is 4.32. The van der Waals surface area contributed by atoms with Crippen molar-refractivity contribution in [2.75, 3.05) is 40.5 Å². The molecular weight excluding hydrogens is 222 g/mol. The van der Waals surface area contributed by atoms with E-state index in [1.54, 1.807) is 0 Å². The molecule has 0 aliphatic rings. The van der Waals surface area contributed by atoms with Crippen molar-refractivity contribution in [3.8, 4) is 0 Å². The van der Waals surface area contributed by atoms with E-state index in [1.165, 1.54) is 0 Å². The van der Waals surface area contributed by atoms with Crippen LogP contribution in [-0.2, 0) is 10.8 Å². The van der Waals surface area contributed by atoms with Gasteiger partial charge in [0.05, 0.1) is 6.54 Å². The monoisotopic (exact) mass is 247 g/mol. The SMILES string of the molecule is CN(C)C(=NCC[S@@](=O)C(C)(C)C)N(C)C. The fourth-order valence-electron chi connectivity index (χ4n) is 1.22. The number of hydrogen-bond donors (Lipinski definition) is 0. The van der Waals surface area contributed by atoms with Crippen LogP contribution >= 0.6 is 0 Å². The van der Waals surface area contributed by atoms with Crippen LogP contribution in [0.1, 0.15) is 20.8 Å². The molecule has 0 spiro atoms. The molecule has 1 atom stereocenters. The van der Waals surface area contributed by atoms with E-state index in [-0.39, 0.29) is 4.75 Å². The highest BCUT2D eigenvalue weighted by atomic mass is 32.2. The molecule has 16 heavy (non-hydrogen) atoms. The van der Waals surface area contributed by atoms with E-state index in [0.29, 0.717) is 12.3 Å². The summed E-state index contributed by atoms with van der Waals surface area (Å²) in [4.78, 5) is 8.37. The van der Waals surface area contributed by atoms with Crippen LogP contribution in [0, 0.1) is 0 Å². The van der Waals surface area contributed by atoms with Gasteiger partial charge in [0.15, 0.2) is 5.96 Å². The average Bonchev–Trinajstić information content (AvgIpc) is 2.08. The van der Waals surface area contributed by atoms with E-state index in [1.807, 2.05) is 58.8 Å². The highest BCUT2D eigenvalue weighted by Gasteiger charge is 2.18. The Morgan fingerprint density at radius 3 is 1.88 bits per heavy atom. The van der Waals surface area contributed by atoms with Crippen molar-refractivity contribution < 1.29 is 4.21 Å². The van der Waals surface area contributed by atoms with Crippen LogP contribution in [0.2, 0.25) is 0 Å². The minimum Gasteiger partial charge on any atom is -0.349 e. The minimum absolute atomic E-state index is 0.147. The third kappa shape index (κ3) is 5.49. The Bertz CT molecular complexity index is 257. The van der Waals surface area contributed by atoms with Crippen molar-refractivity contribution in [3.63, 3.8) is 0 Å². The van der Waals surface area contributed by atoms with Gasteiger partial charge in [0, 0.05) is 49.5 Å². The van der Waals surface area contributed by atoms with Crippen molar-refractivity contribution in [2.45, 2.75) is 25.5 Å². The van der Waals surface area contributed by atoms with Crippen LogP contribution in [0.15, 0.2) is 4.99 Å². The van der Waals surface area contributed by atoms with Crippen LogP contribution in [0.25, 0.3) is 0 Å². The fraction of sp³-hybridized carbons (Fsp3) is 0.909. The van der Waals surface area contributed by atoms with Gasteiger partial charge in [0.25, 0.3) is 0 Å². The molecular formula is C11H25N3OS. The van der Waals surface area contributed by atoms with Gasteiger partial charge in [-0.15, -0.1) is 0 Å². The van der Waals surface area contributed by atoms with Crippen LogP contribution in [0.3, 0.4) is 0 Å². The topological polar surface area (TPSA) is 35.9 Å². The smallest absolute Gasteiger partial charge is 0.195 e. The standard InChI is InChI=1S/C11H25N3OS/c1-11(2,3)16(15)9-8-12-10(13(4)5)14(6)7/h8-9H2,1-7H3/t16-/m1/s1. The van der Waals surface area contributed by atoms with Crippen LogP contribution in [-0.4, -0.2) is 65.2 Å². The molecule has 0 amide bonds. The number of rotatable bonds is 3. The average molecular weight is 247 g/mol. The quantitative estimate of drug-likeness (QED) is 0.552. The molecule has 0 aliphatic heterocycles. The summed E-state index contributed by atoms with van der Waals surface area (Å²) in [5, 5.41) is 0. The molecule has 0 aliphatic carbocycles. The third-order valence-corrected chi connectivity index (χ3v) is 3.93. The number of nitrogens with zero attached hydrogens (tertiary/aromatic N) is 3. The Labute approximate surface area is 102 Å². The minimum atomic E-state index is -0.824. The molecule has 0 bridgehead atoms. The second-order valence-corrected chi connectivity index (χ2v) is 7.46. The van der Waals surface area contributed by atoms with E-state index >= 15 is 0 Å². The van der Waals surface area contributed by atoms with Gasteiger partial charge in [-0.25, -0.2) is 0 Å². The van der Waals surface area contributed by atoms with Crippen molar-refractivity contribution in [1.29, 1.82) is 0 Å². The highest BCUT2D eigenvalue weighted by molar-refractivity contribution is 7.86. The Morgan fingerprint density at radius 1 is 1.12 bits per heavy atom. The summed E-state index contributed by atoms with van der Waals surface area (Å²) >= 11 is 0. The van der Waals surface area contributed by atoms with Crippen molar-refractivity contribution in [3.05, 3.63) is 0 Å². The zero-order valence-electron chi connectivity index (χ0n) is 11.6. The zero-order chi connectivity index (χ0) is 12.9. The van der Waals surface area contributed by atoms with Crippen molar-refractivity contribution >= 4 is 16.8 Å². The summed E-state index contributed by atoms with van der Waals surface area (Å²) in [7, 11) is 7.01. The van der Waals surface area contributed by atoms with Gasteiger partial charge in [-0.3, -0.25) is 9.20 Å². The Hall–Kier alpha value is -0.580. The molecule has 0 radical (unpaired) electrons. The molecule has 0 N–H and O–H groups in total. The maximum absolute atomic E-state index is 11.8. The number of guanidine groups is 1. The summed E-state index contributed by atoms with van der Waals surface area (Å²) in [6, 6.07) is 0. The third-order valence-electron chi connectivity index (χ3n) is 2.01. The normalized spacial score (nSPS) is 13.2. The molecule has 0 saturated carbocycles. The van der Waals surface area contributed by atoms with Gasteiger partial charge in [-0.05, 0) is 20.8 Å². The lowest BCUT2D eigenvalue weighted by molar-refractivity contribution is 0.480.